The minimum absolute atomic E-state index is 0.155. The first-order valence-corrected chi connectivity index (χ1v) is 7.60. The Kier molecular flexibility index (Phi) is 3.47. The van der Waals surface area contributed by atoms with Gasteiger partial charge in [-0.25, -0.2) is 4.39 Å². The number of carbonyl (C=O) groups is 2. The number of H-pyrrole nitrogens is 1. The predicted molar refractivity (Wildman–Crippen MR) is 82.2 cm³/mol. The van der Waals surface area contributed by atoms with Gasteiger partial charge in [0.15, 0.2) is 0 Å². The van der Waals surface area contributed by atoms with E-state index in [9.17, 15) is 19.1 Å². The van der Waals surface area contributed by atoms with Crippen LogP contribution in [-0.4, -0.2) is 40.0 Å². The van der Waals surface area contributed by atoms with E-state index in [1.165, 1.54) is 17.0 Å². The number of rotatable bonds is 2. The summed E-state index contributed by atoms with van der Waals surface area (Å²) in [7, 11) is 0. The largest absolute Gasteiger partial charge is 0.481 e. The number of aromatic nitrogens is 1. The fourth-order valence-electron chi connectivity index (χ4n) is 2.75. The van der Waals surface area contributed by atoms with Crippen LogP contribution in [-0.2, 0) is 4.79 Å². The molecule has 2 heterocycles. The molecule has 0 saturated carbocycles. The Morgan fingerprint density at radius 3 is 2.77 bits per heavy atom. The Balaban J connectivity index is 1.90. The zero-order valence-corrected chi connectivity index (χ0v) is 13.4. The van der Waals surface area contributed by atoms with Crippen LogP contribution in [0.25, 0.3) is 10.9 Å². The highest BCUT2D eigenvalue weighted by Crippen LogP contribution is 2.31. The molecule has 1 aromatic heterocycles. The third-order valence-corrected chi connectivity index (χ3v) is 4.62. The summed E-state index contributed by atoms with van der Waals surface area (Å²) < 4.78 is 14.5. The second-order valence-electron chi connectivity index (χ2n) is 5.87. The number of aromatic amines is 1. The minimum Gasteiger partial charge on any atom is -0.481 e. The maximum atomic E-state index is 13.9. The first kappa shape index (κ1) is 15.0. The molecule has 3 rings (SSSR count). The molecule has 2 aromatic rings. The van der Waals surface area contributed by atoms with Gasteiger partial charge in [0, 0.05) is 22.9 Å². The number of carboxylic acid groups (broad SMARTS) is 1. The van der Waals surface area contributed by atoms with E-state index in [0.29, 0.717) is 28.3 Å². The van der Waals surface area contributed by atoms with Gasteiger partial charge in [-0.3, -0.25) is 9.59 Å². The summed E-state index contributed by atoms with van der Waals surface area (Å²) >= 11 is 3.21. The maximum Gasteiger partial charge on any atom is 0.311 e. The molecule has 1 fully saturated rings. The highest BCUT2D eigenvalue weighted by atomic mass is 79.9. The van der Waals surface area contributed by atoms with E-state index in [2.05, 4.69) is 20.9 Å². The molecule has 1 aliphatic rings. The molecule has 1 aliphatic heterocycles. The van der Waals surface area contributed by atoms with Crippen LogP contribution in [0.1, 0.15) is 23.8 Å². The fraction of sp³-hybridized carbons (Fsp3) is 0.333. The van der Waals surface area contributed by atoms with Gasteiger partial charge in [0.05, 0.1) is 10.9 Å². The number of nitrogens with zero attached hydrogens (tertiary/aromatic N) is 1. The lowest BCUT2D eigenvalue weighted by atomic mass is 9.90. The summed E-state index contributed by atoms with van der Waals surface area (Å²) in [5.41, 5.74) is -0.132. The molecule has 1 aromatic carbocycles. The highest BCUT2D eigenvalue weighted by molar-refractivity contribution is 9.10. The lowest BCUT2D eigenvalue weighted by Crippen LogP contribution is -2.35. The summed E-state index contributed by atoms with van der Waals surface area (Å²) in [6.07, 6.45) is 0.411. The summed E-state index contributed by atoms with van der Waals surface area (Å²) in [5, 5.41) is 9.56. The Hall–Kier alpha value is -1.89. The molecule has 1 atom stereocenters. The van der Waals surface area contributed by atoms with Crippen molar-refractivity contribution in [3.8, 4) is 0 Å². The summed E-state index contributed by atoms with van der Waals surface area (Å²) in [5.74, 6) is -1.64. The Morgan fingerprint density at radius 2 is 2.14 bits per heavy atom. The second-order valence-corrected chi connectivity index (χ2v) is 6.79. The van der Waals surface area contributed by atoms with Crippen LogP contribution in [0, 0.1) is 11.2 Å². The molecule has 1 amide bonds. The number of carboxylic acids is 1. The van der Waals surface area contributed by atoms with Crippen molar-refractivity contribution in [3.63, 3.8) is 0 Å². The van der Waals surface area contributed by atoms with Gasteiger partial charge in [-0.2, -0.15) is 0 Å². The normalized spacial score (nSPS) is 21.5. The van der Waals surface area contributed by atoms with Crippen LogP contribution < -0.4 is 0 Å². The van der Waals surface area contributed by atoms with Gasteiger partial charge in [-0.15, -0.1) is 0 Å². The van der Waals surface area contributed by atoms with Crippen molar-refractivity contribution < 1.29 is 19.1 Å². The first-order chi connectivity index (χ1) is 10.3. The number of amides is 1. The molecule has 0 aliphatic carbocycles. The molecule has 0 spiro atoms. The molecular weight excluding hydrogens is 355 g/mol. The lowest BCUT2D eigenvalue weighted by Gasteiger charge is -2.19. The van der Waals surface area contributed by atoms with E-state index in [4.69, 9.17) is 0 Å². The van der Waals surface area contributed by atoms with Gasteiger partial charge in [-0.1, -0.05) is 15.9 Å². The molecular formula is C15H14BrFN2O3. The number of nitrogens with one attached hydrogen (secondary N) is 1. The van der Waals surface area contributed by atoms with Gasteiger partial charge >= 0.3 is 5.97 Å². The van der Waals surface area contributed by atoms with E-state index in [1.54, 1.807) is 13.0 Å². The summed E-state index contributed by atoms with van der Waals surface area (Å²) in [4.78, 5) is 28.1. The lowest BCUT2D eigenvalue weighted by molar-refractivity contribution is -0.147. The number of aliphatic carboxylic acids is 1. The molecule has 5 nitrogen and oxygen atoms in total. The zero-order valence-electron chi connectivity index (χ0n) is 11.8. The Labute approximate surface area is 134 Å². The van der Waals surface area contributed by atoms with Crippen molar-refractivity contribution in [1.82, 2.24) is 9.88 Å². The Morgan fingerprint density at radius 1 is 1.41 bits per heavy atom. The van der Waals surface area contributed by atoms with E-state index in [1.807, 2.05) is 0 Å². The number of hydrogen-bond donors (Lipinski definition) is 2. The summed E-state index contributed by atoms with van der Waals surface area (Å²) in [6, 6.07) is 4.50. The van der Waals surface area contributed by atoms with E-state index in [0.717, 1.165) is 0 Å². The van der Waals surface area contributed by atoms with E-state index >= 15 is 0 Å². The topological polar surface area (TPSA) is 73.4 Å². The molecule has 0 radical (unpaired) electrons. The third kappa shape index (κ3) is 2.39. The van der Waals surface area contributed by atoms with Crippen LogP contribution in [0.15, 0.2) is 22.7 Å². The number of halogens is 2. The Bertz CT molecular complexity index is 788. The molecule has 22 heavy (non-hydrogen) atoms. The SMILES string of the molecule is C[C@]1(C(=O)O)CCN(C(=O)c2cc3c(F)cc(Br)cc3[nH]2)C1. The summed E-state index contributed by atoms with van der Waals surface area (Å²) in [6.45, 7) is 2.16. The van der Waals surface area contributed by atoms with Crippen LogP contribution in [0.2, 0.25) is 0 Å². The van der Waals surface area contributed by atoms with Gasteiger partial charge < -0.3 is 15.0 Å². The van der Waals surface area contributed by atoms with Crippen LogP contribution in [0.4, 0.5) is 4.39 Å². The maximum absolute atomic E-state index is 13.9. The minimum atomic E-state index is -0.921. The van der Waals surface area contributed by atoms with Crippen LogP contribution in [0.5, 0.6) is 0 Å². The fourth-order valence-corrected chi connectivity index (χ4v) is 3.18. The smallest absolute Gasteiger partial charge is 0.311 e. The average molecular weight is 369 g/mol. The van der Waals surface area contributed by atoms with Crippen molar-refractivity contribution in [2.24, 2.45) is 5.41 Å². The van der Waals surface area contributed by atoms with Crippen molar-refractivity contribution >= 4 is 38.7 Å². The van der Waals surface area contributed by atoms with E-state index < -0.39 is 17.2 Å². The number of hydrogen-bond acceptors (Lipinski definition) is 2. The second kappa shape index (κ2) is 5.08. The zero-order chi connectivity index (χ0) is 16.1. The monoisotopic (exact) mass is 368 g/mol. The van der Waals surface area contributed by atoms with Crippen molar-refractivity contribution in [2.45, 2.75) is 13.3 Å². The molecule has 7 heteroatoms. The number of benzene rings is 1. The molecule has 2 N–H and O–H groups in total. The van der Waals surface area contributed by atoms with Crippen LogP contribution >= 0.6 is 15.9 Å². The number of fused-ring (bicyclic) bond motifs is 1. The predicted octanol–water partition coefficient (Wildman–Crippen LogP) is 3.01. The first-order valence-electron chi connectivity index (χ1n) is 6.81. The average Bonchev–Trinajstić information content (AvgIpc) is 3.03. The van der Waals surface area contributed by atoms with Crippen molar-refractivity contribution in [1.29, 1.82) is 0 Å². The molecule has 1 saturated heterocycles. The number of likely N-dealkylation sites (tertiary alicyclic amines) is 1. The molecule has 0 unspecified atom stereocenters. The number of carbonyl (C=O) groups excluding carboxylic acids is 1. The highest BCUT2D eigenvalue weighted by Gasteiger charge is 2.42. The van der Waals surface area contributed by atoms with Crippen LogP contribution in [0.3, 0.4) is 0 Å². The molecule has 116 valence electrons. The quantitative estimate of drug-likeness (QED) is 0.855. The third-order valence-electron chi connectivity index (χ3n) is 4.16. The van der Waals surface area contributed by atoms with Gasteiger partial charge in [-0.05, 0) is 31.5 Å². The van der Waals surface area contributed by atoms with Gasteiger partial charge in [0.25, 0.3) is 5.91 Å². The standard InChI is InChI=1S/C15H14BrFN2O3/c1-15(14(21)22)2-3-19(7-15)13(20)12-6-9-10(17)4-8(16)5-11(9)18-12/h4-6,18H,2-3,7H2,1H3,(H,21,22)/t15-/m0/s1. The van der Waals surface area contributed by atoms with Crippen molar-refractivity contribution in [3.05, 3.63) is 34.2 Å². The van der Waals surface area contributed by atoms with E-state index in [-0.39, 0.29) is 18.1 Å². The van der Waals surface area contributed by atoms with Gasteiger partial charge in [0.1, 0.15) is 11.5 Å². The molecule has 0 bridgehead atoms. The van der Waals surface area contributed by atoms with Gasteiger partial charge in [0.2, 0.25) is 0 Å². The van der Waals surface area contributed by atoms with Crippen molar-refractivity contribution in [2.75, 3.05) is 13.1 Å².